The van der Waals surface area contributed by atoms with Gasteiger partial charge in [-0.2, -0.15) is 10.4 Å². The highest BCUT2D eigenvalue weighted by Gasteiger charge is 2.45. The van der Waals surface area contributed by atoms with Gasteiger partial charge in [0.05, 0.1) is 24.4 Å². The number of carbonyl (C=O) groups is 1. The Morgan fingerprint density at radius 3 is 2.72 bits per heavy atom. The van der Waals surface area contributed by atoms with Gasteiger partial charge in [-0.1, -0.05) is 0 Å². The molecule has 0 bridgehead atoms. The van der Waals surface area contributed by atoms with Crippen molar-refractivity contribution in [3.63, 3.8) is 0 Å². The summed E-state index contributed by atoms with van der Waals surface area (Å²) in [5.41, 5.74) is 3.76. The number of aromatic nitrogens is 5. The van der Waals surface area contributed by atoms with Crippen molar-refractivity contribution in [3.8, 4) is 17.3 Å². The summed E-state index contributed by atoms with van der Waals surface area (Å²) in [6.07, 6.45) is 9.75. The number of fused-ring (bicyclic) bond motifs is 1. The van der Waals surface area contributed by atoms with Crippen molar-refractivity contribution in [2.45, 2.75) is 37.8 Å². The molecule has 1 atom stereocenters. The number of H-pyrrole nitrogens is 1. The van der Waals surface area contributed by atoms with Crippen LogP contribution in [-0.4, -0.2) is 74.8 Å². The molecule has 0 radical (unpaired) electrons. The van der Waals surface area contributed by atoms with Crippen LogP contribution in [0, 0.1) is 17.2 Å². The van der Waals surface area contributed by atoms with Gasteiger partial charge in [-0.15, -0.1) is 0 Å². The molecule has 0 spiro atoms. The molecule has 2 aliphatic heterocycles. The quantitative estimate of drug-likeness (QED) is 0.381. The molecule has 2 saturated heterocycles. The largest absolute Gasteiger partial charge is 0.366 e. The van der Waals surface area contributed by atoms with Crippen molar-refractivity contribution >= 4 is 22.6 Å². The summed E-state index contributed by atoms with van der Waals surface area (Å²) in [4.78, 5) is 29.3. The minimum atomic E-state index is -0.420. The van der Waals surface area contributed by atoms with E-state index in [0.717, 1.165) is 53.9 Å². The zero-order valence-electron chi connectivity index (χ0n) is 22.3. The van der Waals surface area contributed by atoms with Gasteiger partial charge in [0.1, 0.15) is 17.5 Å². The molecular weight excluding hydrogens is 490 g/mol. The molecule has 0 saturated carbocycles. The first-order valence-corrected chi connectivity index (χ1v) is 13.5. The van der Waals surface area contributed by atoms with E-state index in [9.17, 15) is 10.1 Å². The minimum Gasteiger partial charge on any atom is -0.366 e. The van der Waals surface area contributed by atoms with Crippen LogP contribution in [0.4, 0.5) is 5.69 Å². The Morgan fingerprint density at radius 2 is 1.97 bits per heavy atom. The number of aromatic amines is 1. The predicted molar refractivity (Wildman–Crippen MR) is 149 cm³/mol. The summed E-state index contributed by atoms with van der Waals surface area (Å²) in [6, 6.07) is 12.2. The molecule has 39 heavy (non-hydrogen) atoms. The lowest BCUT2D eigenvalue weighted by Gasteiger charge is -2.50. The van der Waals surface area contributed by atoms with E-state index in [1.807, 2.05) is 47.4 Å². The molecule has 10 nitrogen and oxygen atoms in total. The number of amides is 1. The van der Waals surface area contributed by atoms with Gasteiger partial charge in [0.2, 0.25) is 0 Å². The third-order valence-electron chi connectivity index (χ3n) is 8.40. The van der Waals surface area contributed by atoms with Crippen LogP contribution in [0.2, 0.25) is 0 Å². The third kappa shape index (κ3) is 4.74. The summed E-state index contributed by atoms with van der Waals surface area (Å²) in [5, 5.41) is 18.4. The maximum atomic E-state index is 12.9. The fourth-order valence-electron chi connectivity index (χ4n) is 5.90. The second kappa shape index (κ2) is 10.2. The first-order chi connectivity index (χ1) is 19.0. The van der Waals surface area contributed by atoms with E-state index in [0.29, 0.717) is 31.0 Å². The van der Waals surface area contributed by atoms with Crippen LogP contribution in [-0.2, 0) is 5.54 Å². The number of hydrogen-bond acceptors (Lipinski definition) is 7. The minimum absolute atomic E-state index is 0.0271. The molecule has 1 aromatic carbocycles. The average molecular weight is 524 g/mol. The van der Waals surface area contributed by atoms with Gasteiger partial charge in [-0.3, -0.25) is 9.48 Å². The van der Waals surface area contributed by atoms with E-state index < -0.39 is 5.54 Å². The second-order valence-electron chi connectivity index (χ2n) is 11.0. The van der Waals surface area contributed by atoms with E-state index in [1.54, 1.807) is 12.5 Å². The van der Waals surface area contributed by atoms with Gasteiger partial charge in [-0.05, 0) is 76.2 Å². The lowest BCUT2D eigenvalue weighted by molar-refractivity contribution is 0.0909. The highest BCUT2D eigenvalue weighted by molar-refractivity contribution is 5.94. The highest BCUT2D eigenvalue weighted by atomic mass is 16.1. The molecule has 1 unspecified atom stereocenters. The maximum absolute atomic E-state index is 12.9. The zero-order valence-corrected chi connectivity index (χ0v) is 22.3. The molecule has 2 N–H and O–H groups in total. The Hall–Kier alpha value is -4.23. The van der Waals surface area contributed by atoms with Gasteiger partial charge in [-0.25, -0.2) is 9.97 Å². The fraction of sp³-hybridized carbons (Fsp3) is 0.414. The first kappa shape index (κ1) is 25.1. The number of nitrogens with zero attached hydrogens (tertiary/aromatic N) is 7. The Morgan fingerprint density at radius 1 is 1.21 bits per heavy atom. The lowest BCUT2D eigenvalue weighted by atomic mass is 9.86. The monoisotopic (exact) mass is 523 g/mol. The average Bonchev–Trinajstić information content (AvgIpc) is 3.61. The van der Waals surface area contributed by atoms with Crippen LogP contribution < -0.4 is 10.2 Å². The number of hydrogen-bond donors (Lipinski definition) is 2. The molecule has 200 valence electrons. The molecule has 2 fully saturated rings. The van der Waals surface area contributed by atoms with E-state index in [1.165, 1.54) is 0 Å². The Labute approximate surface area is 227 Å². The number of anilines is 1. The number of nitriles is 1. The van der Waals surface area contributed by atoms with Crippen LogP contribution >= 0.6 is 0 Å². The molecule has 6 rings (SSSR count). The number of nitrogens with one attached hydrogen (secondary N) is 2. The summed E-state index contributed by atoms with van der Waals surface area (Å²) in [7, 11) is 2.15. The molecule has 4 aromatic rings. The molecular formula is C29H33N9O. The van der Waals surface area contributed by atoms with Gasteiger partial charge < -0.3 is 20.1 Å². The van der Waals surface area contributed by atoms with Gasteiger partial charge in [0, 0.05) is 53.7 Å². The lowest BCUT2D eigenvalue weighted by Crippen LogP contribution is -2.63. The second-order valence-corrected chi connectivity index (χ2v) is 11.0. The topological polar surface area (TPSA) is 119 Å². The van der Waals surface area contributed by atoms with E-state index in [-0.39, 0.29) is 11.9 Å². The molecule has 3 aromatic heterocycles. The molecule has 5 heterocycles. The van der Waals surface area contributed by atoms with E-state index >= 15 is 0 Å². The SMILES string of the molecule is CC(NC(=O)c1ccc(N2CC(CC#N)(n3cc(-c4ncnc5[nH]ccc45)cn3)C2)cc1)C1CCN(C)CC1. The first-order valence-electron chi connectivity index (χ1n) is 13.5. The van der Waals surface area contributed by atoms with Crippen LogP contribution in [0.1, 0.15) is 36.5 Å². The predicted octanol–water partition coefficient (Wildman–Crippen LogP) is 3.41. The summed E-state index contributed by atoms with van der Waals surface area (Å²) in [6.45, 7) is 5.59. The van der Waals surface area contributed by atoms with Crippen LogP contribution in [0.25, 0.3) is 22.3 Å². The van der Waals surface area contributed by atoms with Crippen molar-refractivity contribution in [1.82, 2.24) is 34.9 Å². The zero-order chi connectivity index (χ0) is 27.0. The van der Waals surface area contributed by atoms with Crippen molar-refractivity contribution in [3.05, 3.63) is 60.8 Å². The number of carbonyl (C=O) groups excluding carboxylic acids is 1. The van der Waals surface area contributed by atoms with E-state index in [4.69, 9.17) is 0 Å². The Kier molecular flexibility index (Phi) is 6.53. The summed E-state index contributed by atoms with van der Waals surface area (Å²) < 4.78 is 1.91. The van der Waals surface area contributed by atoms with Crippen molar-refractivity contribution in [2.24, 2.45) is 5.92 Å². The van der Waals surface area contributed by atoms with Crippen molar-refractivity contribution in [2.75, 3.05) is 38.1 Å². The van der Waals surface area contributed by atoms with Crippen LogP contribution in [0.15, 0.2) is 55.2 Å². The van der Waals surface area contributed by atoms with Gasteiger partial charge in [0.25, 0.3) is 5.91 Å². The van der Waals surface area contributed by atoms with E-state index in [2.05, 4.69) is 55.2 Å². The van der Waals surface area contributed by atoms with Crippen molar-refractivity contribution in [1.29, 1.82) is 5.26 Å². The van der Waals surface area contributed by atoms with Gasteiger partial charge >= 0.3 is 0 Å². The number of benzene rings is 1. The van der Waals surface area contributed by atoms with Crippen molar-refractivity contribution < 1.29 is 4.79 Å². The third-order valence-corrected chi connectivity index (χ3v) is 8.40. The standard InChI is InChI=1S/C29H33N9O/c1-20(21-8-13-36(2)14-9-21)35-28(39)22-3-5-24(6-4-22)37-17-29(18-37,10-11-30)38-16-23(15-34-38)26-25-7-12-31-27(25)33-19-32-26/h3-7,12,15-16,19-21H,8-10,13-14,17-18H2,1-2H3,(H,35,39)(H,31,32,33). The highest BCUT2D eigenvalue weighted by Crippen LogP contribution is 2.37. The summed E-state index contributed by atoms with van der Waals surface area (Å²) in [5.74, 6) is 0.491. The number of rotatable bonds is 7. The van der Waals surface area contributed by atoms with Crippen LogP contribution in [0.5, 0.6) is 0 Å². The smallest absolute Gasteiger partial charge is 0.251 e. The molecule has 1 amide bonds. The Bertz CT molecular complexity index is 1500. The Balaban J connectivity index is 1.12. The maximum Gasteiger partial charge on any atom is 0.251 e. The van der Waals surface area contributed by atoms with Crippen LogP contribution in [0.3, 0.4) is 0 Å². The normalized spacial score (nSPS) is 18.4. The number of likely N-dealkylation sites (tertiary alicyclic amines) is 1. The summed E-state index contributed by atoms with van der Waals surface area (Å²) >= 11 is 0. The fourth-order valence-corrected chi connectivity index (χ4v) is 5.90. The molecule has 10 heteroatoms. The molecule has 0 aliphatic carbocycles. The number of piperidine rings is 1. The molecule has 2 aliphatic rings. The van der Waals surface area contributed by atoms with Gasteiger partial charge in [0.15, 0.2) is 0 Å².